The molecule has 0 bridgehead atoms. The molecule has 0 aliphatic heterocycles. The molecule has 0 spiro atoms. The van der Waals surface area contributed by atoms with Crippen molar-refractivity contribution >= 4 is 23.4 Å². The molecule has 1 aliphatic rings. The molecule has 0 saturated heterocycles. The monoisotopic (exact) mass is 395 g/mol. The number of alkyl halides is 3. The maximum atomic E-state index is 12.2. The van der Waals surface area contributed by atoms with Gasteiger partial charge < -0.3 is 21.1 Å². The van der Waals surface area contributed by atoms with Crippen LogP contribution in [0.25, 0.3) is 0 Å². The number of anilines is 3. The summed E-state index contributed by atoms with van der Waals surface area (Å²) >= 11 is 0. The molecular formula is C18H20F3N5O2. The number of phenolic OH excluding ortho intramolecular Hbond substituents is 1. The standard InChI is InChI=1S/C18H20F3N5O2/c19-18(20,21)16(28)23-8-2-7-22-15-14(11-5-6-11)10-24-17(26-15)25-12-3-1-4-13(27)9-12/h1,3-4,9-11,27H,2,5-8H2,(H,23,28)(H2,22,24,25,26). The lowest BCUT2D eigenvalue weighted by atomic mass is 10.2. The van der Waals surface area contributed by atoms with Crippen molar-refractivity contribution in [2.24, 2.45) is 0 Å². The molecule has 1 fully saturated rings. The summed E-state index contributed by atoms with van der Waals surface area (Å²) in [5.74, 6) is -0.503. The van der Waals surface area contributed by atoms with Crippen molar-refractivity contribution in [2.75, 3.05) is 23.7 Å². The molecule has 0 atom stereocenters. The number of benzene rings is 1. The van der Waals surface area contributed by atoms with E-state index in [1.807, 2.05) is 5.32 Å². The van der Waals surface area contributed by atoms with Gasteiger partial charge in [-0.3, -0.25) is 4.79 Å². The van der Waals surface area contributed by atoms with E-state index in [0.29, 0.717) is 36.3 Å². The Morgan fingerprint density at radius 3 is 2.71 bits per heavy atom. The zero-order chi connectivity index (χ0) is 20.1. The van der Waals surface area contributed by atoms with E-state index in [-0.39, 0.29) is 12.3 Å². The average molecular weight is 395 g/mol. The van der Waals surface area contributed by atoms with Crippen molar-refractivity contribution in [2.45, 2.75) is 31.4 Å². The predicted molar refractivity (Wildman–Crippen MR) is 97.6 cm³/mol. The first kappa shape index (κ1) is 19.7. The lowest BCUT2D eigenvalue weighted by Crippen LogP contribution is -2.37. The van der Waals surface area contributed by atoms with Crippen LogP contribution in [0.1, 0.15) is 30.7 Å². The van der Waals surface area contributed by atoms with Crippen molar-refractivity contribution in [3.8, 4) is 5.75 Å². The summed E-state index contributed by atoms with van der Waals surface area (Å²) < 4.78 is 36.5. The third-order valence-electron chi connectivity index (χ3n) is 4.13. The molecule has 2 aromatic rings. The summed E-state index contributed by atoms with van der Waals surface area (Å²) in [6.07, 6.45) is -0.751. The molecule has 4 N–H and O–H groups in total. The third-order valence-corrected chi connectivity index (χ3v) is 4.13. The normalized spacial score (nSPS) is 13.8. The fourth-order valence-electron chi connectivity index (χ4n) is 2.60. The SMILES string of the molecule is O=C(NCCCNc1nc(Nc2cccc(O)c2)ncc1C1CC1)C(F)(F)F. The summed E-state index contributed by atoms with van der Waals surface area (Å²) in [6.45, 7) is 0.254. The van der Waals surface area contributed by atoms with Crippen LogP contribution in [0.2, 0.25) is 0 Å². The minimum Gasteiger partial charge on any atom is -0.508 e. The molecule has 28 heavy (non-hydrogen) atoms. The van der Waals surface area contributed by atoms with Crippen LogP contribution in [0.3, 0.4) is 0 Å². The zero-order valence-electron chi connectivity index (χ0n) is 14.9. The summed E-state index contributed by atoms with van der Waals surface area (Å²) in [5.41, 5.74) is 1.58. The second-order valence-corrected chi connectivity index (χ2v) is 6.48. The first-order valence-electron chi connectivity index (χ1n) is 8.85. The molecule has 1 saturated carbocycles. The largest absolute Gasteiger partial charge is 0.508 e. The molecule has 0 unspecified atom stereocenters. The molecule has 1 heterocycles. The number of nitrogens with one attached hydrogen (secondary N) is 3. The number of aromatic hydroxyl groups is 1. The third kappa shape index (κ3) is 5.48. The first-order chi connectivity index (χ1) is 13.3. The Balaban J connectivity index is 1.58. The molecule has 3 rings (SSSR count). The smallest absolute Gasteiger partial charge is 0.471 e. The van der Waals surface area contributed by atoms with Crippen molar-refractivity contribution < 1.29 is 23.1 Å². The zero-order valence-corrected chi connectivity index (χ0v) is 14.9. The quantitative estimate of drug-likeness (QED) is 0.512. The van der Waals surface area contributed by atoms with Crippen LogP contribution in [-0.2, 0) is 4.79 Å². The average Bonchev–Trinajstić information content (AvgIpc) is 3.45. The van der Waals surface area contributed by atoms with Crippen LogP contribution in [-0.4, -0.2) is 40.2 Å². The van der Waals surface area contributed by atoms with Crippen LogP contribution in [0.5, 0.6) is 5.75 Å². The van der Waals surface area contributed by atoms with E-state index in [1.165, 1.54) is 6.07 Å². The summed E-state index contributed by atoms with van der Waals surface area (Å²) in [7, 11) is 0. The number of hydrogen-bond acceptors (Lipinski definition) is 6. The second kappa shape index (κ2) is 8.32. The number of rotatable bonds is 8. The molecule has 1 amide bonds. The highest BCUT2D eigenvalue weighted by Gasteiger charge is 2.38. The molecular weight excluding hydrogens is 375 g/mol. The van der Waals surface area contributed by atoms with Gasteiger partial charge in [0.15, 0.2) is 0 Å². The number of nitrogens with zero attached hydrogens (tertiary/aromatic N) is 2. The molecule has 1 aliphatic carbocycles. The number of amides is 1. The van der Waals surface area contributed by atoms with Crippen LogP contribution >= 0.6 is 0 Å². The Morgan fingerprint density at radius 2 is 2.04 bits per heavy atom. The highest BCUT2D eigenvalue weighted by atomic mass is 19.4. The van der Waals surface area contributed by atoms with Crippen molar-refractivity contribution in [1.29, 1.82) is 0 Å². The number of carbonyl (C=O) groups excluding carboxylic acids is 1. The van der Waals surface area contributed by atoms with Gasteiger partial charge in [-0.05, 0) is 37.3 Å². The number of aromatic nitrogens is 2. The van der Waals surface area contributed by atoms with E-state index in [4.69, 9.17) is 0 Å². The van der Waals surface area contributed by atoms with Crippen LogP contribution in [0, 0.1) is 0 Å². The van der Waals surface area contributed by atoms with E-state index in [2.05, 4.69) is 20.6 Å². The lowest BCUT2D eigenvalue weighted by molar-refractivity contribution is -0.173. The van der Waals surface area contributed by atoms with Gasteiger partial charge in [-0.25, -0.2) is 4.98 Å². The number of carbonyl (C=O) groups is 1. The minimum atomic E-state index is -4.87. The highest BCUT2D eigenvalue weighted by Crippen LogP contribution is 2.42. The Labute approximate surface area is 159 Å². The van der Waals surface area contributed by atoms with Crippen molar-refractivity contribution in [1.82, 2.24) is 15.3 Å². The fourth-order valence-corrected chi connectivity index (χ4v) is 2.60. The van der Waals surface area contributed by atoms with Crippen LogP contribution < -0.4 is 16.0 Å². The van der Waals surface area contributed by atoms with E-state index < -0.39 is 12.1 Å². The molecule has 150 valence electrons. The van der Waals surface area contributed by atoms with Gasteiger partial charge in [-0.1, -0.05) is 6.07 Å². The van der Waals surface area contributed by atoms with Gasteiger partial charge in [-0.15, -0.1) is 0 Å². The fraction of sp³-hybridized carbons (Fsp3) is 0.389. The summed E-state index contributed by atoms with van der Waals surface area (Å²) in [5, 5.41) is 17.5. The van der Waals surface area contributed by atoms with Gasteiger partial charge in [0, 0.05) is 36.6 Å². The molecule has 1 aromatic heterocycles. The minimum absolute atomic E-state index is 0.0937. The van der Waals surface area contributed by atoms with Gasteiger partial charge in [-0.2, -0.15) is 18.2 Å². The maximum absolute atomic E-state index is 12.2. The van der Waals surface area contributed by atoms with Crippen LogP contribution in [0.15, 0.2) is 30.5 Å². The molecule has 1 aromatic carbocycles. The topological polar surface area (TPSA) is 99.2 Å². The maximum Gasteiger partial charge on any atom is 0.471 e. The Kier molecular flexibility index (Phi) is 5.86. The Hall–Kier alpha value is -3.04. The summed E-state index contributed by atoms with van der Waals surface area (Å²) in [4.78, 5) is 19.5. The Bertz CT molecular complexity index is 840. The Morgan fingerprint density at radius 1 is 1.25 bits per heavy atom. The van der Waals surface area contributed by atoms with Gasteiger partial charge >= 0.3 is 12.1 Å². The number of hydrogen-bond donors (Lipinski definition) is 4. The van der Waals surface area contributed by atoms with E-state index >= 15 is 0 Å². The van der Waals surface area contributed by atoms with Gasteiger partial charge in [0.1, 0.15) is 11.6 Å². The first-order valence-corrected chi connectivity index (χ1v) is 8.85. The van der Waals surface area contributed by atoms with E-state index in [0.717, 1.165) is 18.4 Å². The predicted octanol–water partition coefficient (Wildman–Crippen LogP) is 3.28. The summed E-state index contributed by atoms with van der Waals surface area (Å²) in [6, 6.07) is 6.53. The van der Waals surface area contributed by atoms with Gasteiger partial charge in [0.2, 0.25) is 5.95 Å². The van der Waals surface area contributed by atoms with Crippen molar-refractivity contribution in [3.05, 3.63) is 36.0 Å². The molecule has 10 heteroatoms. The van der Waals surface area contributed by atoms with Crippen molar-refractivity contribution in [3.63, 3.8) is 0 Å². The number of halogens is 3. The van der Waals surface area contributed by atoms with Gasteiger partial charge in [0.25, 0.3) is 0 Å². The van der Waals surface area contributed by atoms with Crippen LogP contribution in [0.4, 0.5) is 30.6 Å². The number of phenols is 1. The lowest BCUT2D eigenvalue weighted by Gasteiger charge is -2.13. The van der Waals surface area contributed by atoms with Gasteiger partial charge in [0.05, 0.1) is 0 Å². The van der Waals surface area contributed by atoms with E-state index in [9.17, 15) is 23.1 Å². The molecule has 0 radical (unpaired) electrons. The van der Waals surface area contributed by atoms with E-state index in [1.54, 1.807) is 24.4 Å². The molecule has 7 nitrogen and oxygen atoms in total. The second-order valence-electron chi connectivity index (χ2n) is 6.48. The highest BCUT2D eigenvalue weighted by molar-refractivity contribution is 5.81.